The van der Waals surface area contributed by atoms with Gasteiger partial charge in [0, 0.05) is 18.5 Å². The van der Waals surface area contributed by atoms with E-state index in [9.17, 15) is 0 Å². The molecule has 0 spiro atoms. The van der Waals surface area contributed by atoms with E-state index in [4.69, 9.17) is 10.5 Å². The maximum atomic E-state index is 6.33. The highest BCUT2D eigenvalue weighted by Crippen LogP contribution is 2.24. The second-order valence-corrected chi connectivity index (χ2v) is 5.55. The third kappa shape index (κ3) is 2.46. The molecule has 0 amide bonds. The van der Waals surface area contributed by atoms with Crippen LogP contribution in [0, 0.1) is 0 Å². The van der Waals surface area contributed by atoms with Crippen molar-refractivity contribution in [2.45, 2.75) is 45.6 Å². The Morgan fingerprint density at radius 2 is 2.10 bits per heavy atom. The molecule has 1 aromatic heterocycles. The number of benzene rings is 1. The van der Waals surface area contributed by atoms with Crippen LogP contribution in [0.15, 0.2) is 24.5 Å². The van der Waals surface area contributed by atoms with Gasteiger partial charge >= 0.3 is 0 Å². The van der Waals surface area contributed by atoms with Crippen LogP contribution in [0.25, 0.3) is 0 Å². The summed E-state index contributed by atoms with van der Waals surface area (Å²) in [6.07, 6.45) is 2.29. The summed E-state index contributed by atoms with van der Waals surface area (Å²) in [5.41, 5.74) is 9.98. The normalized spacial score (nSPS) is 15.6. The highest BCUT2D eigenvalue weighted by Gasteiger charge is 2.17. The number of nitrogens with zero attached hydrogens (tertiary/aromatic N) is 3. The van der Waals surface area contributed by atoms with Crippen LogP contribution < -0.4 is 5.73 Å². The minimum atomic E-state index is -0.0670. The van der Waals surface area contributed by atoms with Gasteiger partial charge in [0.1, 0.15) is 12.2 Å². The summed E-state index contributed by atoms with van der Waals surface area (Å²) >= 11 is 0. The molecule has 3 rings (SSSR count). The lowest BCUT2D eigenvalue weighted by atomic mass is 9.99. The van der Waals surface area contributed by atoms with E-state index < -0.39 is 0 Å². The third-order valence-corrected chi connectivity index (χ3v) is 3.71. The van der Waals surface area contributed by atoms with E-state index >= 15 is 0 Å². The fraction of sp³-hybridized carbons (Fsp3) is 0.467. The van der Waals surface area contributed by atoms with Gasteiger partial charge < -0.3 is 10.5 Å². The topological polar surface area (TPSA) is 66.0 Å². The molecule has 2 N–H and O–H groups in total. The molecule has 0 aliphatic carbocycles. The quantitative estimate of drug-likeness (QED) is 0.926. The van der Waals surface area contributed by atoms with Gasteiger partial charge in [-0.15, -0.1) is 0 Å². The molecular weight excluding hydrogens is 252 g/mol. The second kappa shape index (κ2) is 5.34. The van der Waals surface area contributed by atoms with Crippen molar-refractivity contribution >= 4 is 0 Å². The first-order chi connectivity index (χ1) is 9.65. The standard InChI is InChI=1S/C15H20N4O/c1-10(2)19-15(17-9-18-19)6-14(16)11-3-4-12-7-20-8-13(12)5-11/h3-5,9-10,14H,6-8,16H2,1-2H3. The molecule has 1 unspecified atom stereocenters. The van der Waals surface area contributed by atoms with Gasteiger partial charge in [-0.3, -0.25) is 0 Å². The molecular formula is C15H20N4O. The molecule has 20 heavy (non-hydrogen) atoms. The summed E-state index contributed by atoms with van der Waals surface area (Å²) in [5, 5.41) is 4.25. The highest BCUT2D eigenvalue weighted by atomic mass is 16.5. The van der Waals surface area contributed by atoms with Crippen molar-refractivity contribution in [1.82, 2.24) is 14.8 Å². The summed E-state index contributed by atoms with van der Waals surface area (Å²) in [7, 11) is 0. The molecule has 1 atom stereocenters. The van der Waals surface area contributed by atoms with Crippen LogP contribution in [0.3, 0.4) is 0 Å². The number of hydrogen-bond donors (Lipinski definition) is 1. The van der Waals surface area contributed by atoms with E-state index in [2.05, 4.69) is 42.1 Å². The van der Waals surface area contributed by atoms with E-state index in [0.717, 1.165) is 11.4 Å². The molecule has 0 saturated carbocycles. The van der Waals surface area contributed by atoms with Crippen molar-refractivity contribution in [1.29, 1.82) is 0 Å². The van der Waals surface area contributed by atoms with Crippen molar-refractivity contribution in [3.05, 3.63) is 47.0 Å². The van der Waals surface area contributed by atoms with Gasteiger partial charge in [0.25, 0.3) is 0 Å². The first-order valence-corrected chi connectivity index (χ1v) is 6.98. The Balaban J connectivity index is 1.79. The number of aromatic nitrogens is 3. The monoisotopic (exact) mass is 272 g/mol. The lowest BCUT2D eigenvalue weighted by Crippen LogP contribution is -2.18. The van der Waals surface area contributed by atoms with Crippen LogP contribution in [0.4, 0.5) is 0 Å². The zero-order valence-corrected chi connectivity index (χ0v) is 11.9. The Morgan fingerprint density at radius 3 is 2.90 bits per heavy atom. The zero-order chi connectivity index (χ0) is 14.1. The number of hydrogen-bond acceptors (Lipinski definition) is 4. The Kier molecular flexibility index (Phi) is 3.54. The smallest absolute Gasteiger partial charge is 0.138 e. The predicted molar refractivity (Wildman–Crippen MR) is 76.0 cm³/mol. The average Bonchev–Trinajstić information content (AvgIpc) is 3.05. The highest BCUT2D eigenvalue weighted by molar-refractivity contribution is 5.34. The van der Waals surface area contributed by atoms with Gasteiger partial charge in [-0.2, -0.15) is 5.10 Å². The Hall–Kier alpha value is -1.72. The van der Waals surface area contributed by atoms with Crippen molar-refractivity contribution < 1.29 is 4.74 Å². The molecule has 2 aromatic rings. The van der Waals surface area contributed by atoms with Crippen LogP contribution in [-0.2, 0) is 24.4 Å². The summed E-state index contributed by atoms with van der Waals surface area (Å²) in [4.78, 5) is 4.32. The van der Waals surface area contributed by atoms with Gasteiger partial charge in [-0.05, 0) is 30.5 Å². The summed E-state index contributed by atoms with van der Waals surface area (Å²) in [5.74, 6) is 0.934. The van der Waals surface area contributed by atoms with Gasteiger partial charge in [0.05, 0.1) is 13.2 Å². The SMILES string of the molecule is CC(C)n1ncnc1CC(N)c1ccc2c(c1)COC2. The maximum absolute atomic E-state index is 6.33. The van der Waals surface area contributed by atoms with E-state index in [1.54, 1.807) is 6.33 Å². The number of nitrogens with two attached hydrogens (primary N) is 1. The first kappa shape index (κ1) is 13.3. The second-order valence-electron chi connectivity index (χ2n) is 5.55. The Labute approximate surface area is 118 Å². The number of rotatable bonds is 4. The molecule has 0 saturated heterocycles. The van der Waals surface area contributed by atoms with Crippen LogP contribution in [-0.4, -0.2) is 14.8 Å². The molecule has 5 heteroatoms. The van der Waals surface area contributed by atoms with Crippen molar-refractivity contribution in [3.63, 3.8) is 0 Å². The molecule has 5 nitrogen and oxygen atoms in total. The van der Waals surface area contributed by atoms with Gasteiger partial charge in [0.15, 0.2) is 0 Å². The molecule has 0 radical (unpaired) electrons. The largest absolute Gasteiger partial charge is 0.372 e. The summed E-state index contributed by atoms with van der Waals surface area (Å²) in [6.45, 7) is 5.59. The minimum Gasteiger partial charge on any atom is -0.372 e. The molecule has 1 aliphatic rings. The Bertz CT molecular complexity index is 606. The molecule has 106 valence electrons. The summed E-state index contributed by atoms with van der Waals surface area (Å²) < 4.78 is 7.37. The molecule has 1 aliphatic heterocycles. The maximum Gasteiger partial charge on any atom is 0.138 e. The molecule has 0 fully saturated rings. The van der Waals surface area contributed by atoms with Crippen LogP contribution in [0.5, 0.6) is 0 Å². The van der Waals surface area contributed by atoms with Gasteiger partial charge in [-0.25, -0.2) is 9.67 Å². The summed E-state index contributed by atoms with van der Waals surface area (Å²) in [6, 6.07) is 6.60. The van der Waals surface area contributed by atoms with E-state index in [1.165, 1.54) is 11.1 Å². The lowest BCUT2D eigenvalue weighted by molar-refractivity contribution is 0.134. The number of fused-ring (bicyclic) bond motifs is 1. The van der Waals surface area contributed by atoms with Crippen molar-refractivity contribution in [2.75, 3.05) is 0 Å². The Morgan fingerprint density at radius 1 is 1.30 bits per heavy atom. The molecule has 1 aromatic carbocycles. The predicted octanol–water partition coefficient (Wildman–Crippen LogP) is 2.13. The van der Waals surface area contributed by atoms with Crippen molar-refractivity contribution in [2.24, 2.45) is 5.73 Å². The minimum absolute atomic E-state index is 0.0670. The first-order valence-electron chi connectivity index (χ1n) is 6.98. The van der Waals surface area contributed by atoms with Gasteiger partial charge in [-0.1, -0.05) is 18.2 Å². The van der Waals surface area contributed by atoms with Crippen LogP contribution in [0.2, 0.25) is 0 Å². The van der Waals surface area contributed by atoms with Crippen molar-refractivity contribution in [3.8, 4) is 0 Å². The van der Waals surface area contributed by atoms with Crippen LogP contribution in [0.1, 0.15) is 48.4 Å². The lowest BCUT2D eigenvalue weighted by Gasteiger charge is -2.15. The fourth-order valence-corrected chi connectivity index (χ4v) is 2.59. The van der Waals surface area contributed by atoms with Gasteiger partial charge in [0.2, 0.25) is 0 Å². The number of ether oxygens (including phenoxy) is 1. The van der Waals surface area contributed by atoms with E-state index in [-0.39, 0.29) is 6.04 Å². The van der Waals surface area contributed by atoms with E-state index in [1.807, 2.05) is 4.68 Å². The zero-order valence-electron chi connectivity index (χ0n) is 11.9. The third-order valence-electron chi connectivity index (χ3n) is 3.71. The molecule has 0 bridgehead atoms. The van der Waals surface area contributed by atoms with Crippen LogP contribution >= 0.6 is 0 Å². The fourth-order valence-electron chi connectivity index (χ4n) is 2.59. The van der Waals surface area contributed by atoms with E-state index in [0.29, 0.717) is 25.7 Å². The molecule has 2 heterocycles. The average molecular weight is 272 g/mol.